The van der Waals surface area contributed by atoms with Crippen LogP contribution in [0, 0.1) is 5.82 Å². The first kappa shape index (κ1) is 26.8. The fourth-order valence-electron chi connectivity index (χ4n) is 5.17. The predicted molar refractivity (Wildman–Crippen MR) is 152 cm³/mol. The van der Waals surface area contributed by atoms with E-state index >= 15 is 0 Å². The minimum absolute atomic E-state index is 0.229. The van der Waals surface area contributed by atoms with Gasteiger partial charge in [0.05, 0.1) is 24.2 Å². The molecule has 1 atom stereocenters. The fourth-order valence-corrected chi connectivity index (χ4v) is 5.17. The summed E-state index contributed by atoms with van der Waals surface area (Å²) in [4.78, 5) is 18.8. The van der Waals surface area contributed by atoms with Gasteiger partial charge in [-0.05, 0) is 75.6 Å². The molecule has 9 heteroatoms. The van der Waals surface area contributed by atoms with Gasteiger partial charge in [-0.1, -0.05) is 12.1 Å². The van der Waals surface area contributed by atoms with E-state index in [1.807, 2.05) is 32.3 Å². The Morgan fingerprint density at radius 1 is 1.08 bits per heavy atom. The van der Waals surface area contributed by atoms with Gasteiger partial charge in [-0.25, -0.2) is 19.3 Å². The molecule has 2 aromatic heterocycles. The molecule has 1 N–H and O–H groups in total. The quantitative estimate of drug-likeness (QED) is 0.301. The summed E-state index contributed by atoms with van der Waals surface area (Å²) in [6, 6.07) is 16.9. The molecule has 1 aliphatic rings. The minimum Gasteiger partial charge on any atom is -0.497 e. The van der Waals surface area contributed by atoms with Crippen LogP contribution in [0.2, 0.25) is 0 Å². The third-order valence-corrected chi connectivity index (χ3v) is 7.02. The average Bonchev–Trinajstić information content (AvgIpc) is 3.49. The van der Waals surface area contributed by atoms with Crippen LogP contribution in [0.1, 0.15) is 23.9 Å². The van der Waals surface area contributed by atoms with Crippen molar-refractivity contribution in [3.8, 4) is 28.4 Å². The molecule has 0 radical (unpaired) electrons. The number of likely N-dealkylation sites (N-methyl/N-ethyl adjacent to an activating group) is 2. The highest BCUT2D eigenvalue weighted by Crippen LogP contribution is 2.39. The number of halogens is 1. The van der Waals surface area contributed by atoms with Crippen molar-refractivity contribution in [1.29, 1.82) is 0 Å². The Morgan fingerprint density at radius 2 is 1.90 bits per heavy atom. The topological polar surface area (TPSA) is 71.3 Å². The molecule has 0 bridgehead atoms. The van der Waals surface area contributed by atoms with Crippen LogP contribution in [0.4, 0.5) is 10.3 Å². The van der Waals surface area contributed by atoms with E-state index in [1.165, 1.54) is 17.7 Å². The Hall–Kier alpha value is -3.82. The minimum atomic E-state index is -0.265. The number of benzene rings is 2. The second-order valence-electron chi connectivity index (χ2n) is 10.3. The number of aryl methyl sites for hydroxylation is 1. The van der Waals surface area contributed by atoms with Crippen LogP contribution in [0.5, 0.6) is 5.75 Å². The molecule has 2 aromatic carbocycles. The van der Waals surface area contributed by atoms with E-state index in [0.29, 0.717) is 5.95 Å². The molecule has 0 saturated heterocycles. The lowest BCUT2D eigenvalue weighted by Gasteiger charge is -2.24. The summed E-state index contributed by atoms with van der Waals surface area (Å²) in [5.74, 6) is 2.21. The van der Waals surface area contributed by atoms with Crippen molar-refractivity contribution in [2.45, 2.75) is 25.4 Å². The van der Waals surface area contributed by atoms with Gasteiger partial charge >= 0.3 is 0 Å². The van der Waals surface area contributed by atoms with E-state index in [9.17, 15) is 4.39 Å². The van der Waals surface area contributed by atoms with Crippen molar-refractivity contribution >= 4 is 5.95 Å². The van der Waals surface area contributed by atoms with Crippen LogP contribution in [-0.4, -0.2) is 77.2 Å². The van der Waals surface area contributed by atoms with E-state index in [1.54, 1.807) is 25.4 Å². The first-order valence-corrected chi connectivity index (χ1v) is 13.3. The molecule has 0 spiro atoms. The van der Waals surface area contributed by atoms with Gasteiger partial charge in [0, 0.05) is 50.4 Å². The van der Waals surface area contributed by atoms with Gasteiger partial charge in [-0.15, -0.1) is 0 Å². The molecule has 0 unspecified atom stereocenters. The standard InChI is InChI=1S/C30H36FN7O/c1-36(2)17-16-33-30-32-15-14-26(34-30)29-28(22-8-10-23(31)11-9-22)35-27-13-12-24(38(27)29)20-37(3)19-21-6-5-7-25(18-21)39-4/h5-11,14-15,18,24H,12-13,16-17,19-20H2,1-4H3,(H,32,33,34)/t24-/m0/s1. The van der Waals surface area contributed by atoms with Gasteiger partial charge in [0.1, 0.15) is 17.4 Å². The number of nitrogens with zero attached hydrogens (tertiary/aromatic N) is 6. The number of hydrogen-bond donors (Lipinski definition) is 1. The number of imidazole rings is 1. The first-order chi connectivity index (χ1) is 18.9. The molecule has 3 heterocycles. The Balaban J connectivity index is 1.47. The van der Waals surface area contributed by atoms with E-state index < -0.39 is 0 Å². The number of anilines is 1. The number of nitrogens with one attached hydrogen (secondary N) is 1. The zero-order valence-electron chi connectivity index (χ0n) is 23.1. The Morgan fingerprint density at radius 3 is 2.67 bits per heavy atom. The normalized spacial score (nSPS) is 14.7. The zero-order chi connectivity index (χ0) is 27.4. The number of hydrogen-bond acceptors (Lipinski definition) is 7. The van der Waals surface area contributed by atoms with Crippen molar-refractivity contribution in [2.75, 3.05) is 53.2 Å². The van der Waals surface area contributed by atoms with Crippen molar-refractivity contribution in [2.24, 2.45) is 0 Å². The monoisotopic (exact) mass is 529 g/mol. The molecule has 1 aliphatic heterocycles. The van der Waals surface area contributed by atoms with E-state index in [-0.39, 0.29) is 11.9 Å². The number of ether oxygens (including phenoxy) is 1. The van der Waals surface area contributed by atoms with Crippen LogP contribution in [0.25, 0.3) is 22.6 Å². The maximum Gasteiger partial charge on any atom is 0.223 e. The Bertz CT molecular complexity index is 1400. The molecule has 0 aliphatic carbocycles. The van der Waals surface area contributed by atoms with Gasteiger partial charge in [0.25, 0.3) is 0 Å². The fraction of sp³-hybridized carbons (Fsp3) is 0.367. The maximum absolute atomic E-state index is 13.8. The number of aromatic nitrogens is 4. The predicted octanol–water partition coefficient (Wildman–Crippen LogP) is 4.75. The van der Waals surface area contributed by atoms with Crippen LogP contribution >= 0.6 is 0 Å². The highest BCUT2D eigenvalue weighted by Gasteiger charge is 2.31. The van der Waals surface area contributed by atoms with Crippen molar-refractivity contribution in [3.63, 3.8) is 0 Å². The highest BCUT2D eigenvalue weighted by molar-refractivity contribution is 5.78. The van der Waals surface area contributed by atoms with Crippen molar-refractivity contribution in [1.82, 2.24) is 29.3 Å². The van der Waals surface area contributed by atoms with Gasteiger partial charge in [0.2, 0.25) is 5.95 Å². The summed E-state index contributed by atoms with van der Waals surface area (Å²) in [6.45, 7) is 3.28. The molecule has 4 aromatic rings. The second kappa shape index (κ2) is 11.9. The lowest BCUT2D eigenvalue weighted by molar-refractivity contribution is 0.273. The number of fused-ring (bicyclic) bond motifs is 1. The molecule has 8 nitrogen and oxygen atoms in total. The van der Waals surface area contributed by atoms with Gasteiger partial charge in [-0.2, -0.15) is 0 Å². The van der Waals surface area contributed by atoms with E-state index in [4.69, 9.17) is 14.7 Å². The molecule has 0 fully saturated rings. The van der Waals surface area contributed by atoms with Crippen LogP contribution in [0.15, 0.2) is 60.8 Å². The summed E-state index contributed by atoms with van der Waals surface area (Å²) in [5.41, 5.74) is 4.66. The number of rotatable bonds is 11. The van der Waals surface area contributed by atoms with Crippen LogP contribution < -0.4 is 10.1 Å². The molecule has 204 valence electrons. The molecule has 5 rings (SSSR count). The summed E-state index contributed by atoms with van der Waals surface area (Å²) in [6.07, 6.45) is 3.67. The first-order valence-electron chi connectivity index (χ1n) is 13.3. The summed E-state index contributed by atoms with van der Waals surface area (Å²) in [5, 5.41) is 3.33. The summed E-state index contributed by atoms with van der Waals surface area (Å²) in [7, 11) is 7.91. The van der Waals surface area contributed by atoms with E-state index in [0.717, 1.165) is 73.2 Å². The third kappa shape index (κ3) is 6.26. The van der Waals surface area contributed by atoms with Crippen molar-refractivity contribution in [3.05, 3.63) is 78.0 Å². The second-order valence-corrected chi connectivity index (χ2v) is 10.3. The molecule has 0 saturated carbocycles. The molecule has 0 amide bonds. The van der Waals surface area contributed by atoms with Gasteiger partial charge in [0.15, 0.2) is 0 Å². The molecular formula is C30H36FN7O. The molecule has 39 heavy (non-hydrogen) atoms. The summed E-state index contributed by atoms with van der Waals surface area (Å²) < 4.78 is 21.5. The Labute approximate surface area is 229 Å². The largest absolute Gasteiger partial charge is 0.497 e. The smallest absolute Gasteiger partial charge is 0.223 e. The highest BCUT2D eigenvalue weighted by atomic mass is 19.1. The zero-order valence-corrected chi connectivity index (χ0v) is 23.1. The average molecular weight is 530 g/mol. The number of methoxy groups -OCH3 is 1. The lowest BCUT2D eigenvalue weighted by atomic mass is 10.1. The van der Waals surface area contributed by atoms with Crippen LogP contribution in [-0.2, 0) is 13.0 Å². The SMILES string of the molecule is COc1cccc(CN(C)C[C@@H]2CCc3nc(-c4ccc(F)cc4)c(-c4ccnc(NCCN(C)C)n4)n32)c1. The molecular weight excluding hydrogens is 493 g/mol. The third-order valence-electron chi connectivity index (χ3n) is 7.02. The van der Waals surface area contributed by atoms with Gasteiger partial charge in [-0.3, -0.25) is 0 Å². The van der Waals surface area contributed by atoms with Crippen LogP contribution in [0.3, 0.4) is 0 Å². The van der Waals surface area contributed by atoms with Gasteiger partial charge < -0.3 is 24.4 Å². The van der Waals surface area contributed by atoms with Crippen molar-refractivity contribution < 1.29 is 9.13 Å². The summed E-state index contributed by atoms with van der Waals surface area (Å²) >= 11 is 0. The maximum atomic E-state index is 13.8. The Kier molecular flexibility index (Phi) is 8.18. The van der Waals surface area contributed by atoms with E-state index in [2.05, 4.69) is 43.8 Å². The lowest BCUT2D eigenvalue weighted by Crippen LogP contribution is -2.26.